The molecule has 4 aromatic heterocycles. The minimum absolute atomic E-state index is 0.778. The second kappa shape index (κ2) is 11.9. The maximum absolute atomic E-state index is 5.50. The van der Waals surface area contributed by atoms with E-state index in [0.29, 0.717) is 0 Å². The van der Waals surface area contributed by atoms with Gasteiger partial charge >= 0.3 is 0 Å². The van der Waals surface area contributed by atoms with Crippen LogP contribution in [-0.4, -0.2) is 19.1 Å². The molecule has 56 heavy (non-hydrogen) atoms. The van der Waals surface area contributed by atoms with Crippen LogP contribution in [0.5, 0.6) is 0 Å². The molecule has 1 aliphatic rings. The topological polar surface area (TPSA) is 35.6 Å². The van der Waals surface area contributed by atoms with Crippen LogP contribution < -0.4 is 10.6 Å². The van der Waals surface area contributed by atoms with Crippen molar-refractivity contribution in [3.05, 3.63) is 192 Å². The summed E-state index contributed by atoms with van der Waals surface area (Å²) in [6.45, 7) is 0. The molecule has 0 spiro atoms. The van der Waals surface area contributed by atoms with Crippen LogP contribution in [0.1, 0.15) is 0 Å². The van der Waals surface area contributed by atoms with Gasteiger partial charge in [-0.15, -0.1) is 0 Å². The number of para-hydroxylation sites is 4. The zero-order valence-electron chi connectivity index (χ0n) is 30.1. The van der Waals surface area contributed by atoms with Crippen molar-refractivity contribution in [1.82, 2.24) is 19.1 Å². The second-order valence-corrected chi connectivity index (χ2v) is 14.4. The summed E-state index contributed by atoms with van der Waals surface area (Å²) in [6.07, 6.45) is 4.00. The molecule has 4 heterocycles. The van der Waals surface area contributed by atoms with E-state index in [0.717, 1.165) is 88.2 Å². The van der Waals surface area contributed by atoms with E-state index in [-0.39, 0.29) is 0 Å². The Morgan fingerprint density at radius 1 is 0.429 bits per heavy atom. The average Bonchev–Trinajstić information content (AvgIpc) is 3.79. The molecule has 0 atom stereocenters. The Balaban J connectivity index is 1.18. The lowest BCUT2D eigenvalue weighted by Crippen LogP contribution is -2.30. The van der Waals surface area contributed by atoms with Gasteiger partial charge in [-0.3, -0.25) is 0 Å². The molecular formula is C52H30N4. The second-order valence-electron chi connectivity index (χ2n) is 14.4. The molecule has 12 rings (SSSR count). The van der Waals surface area contributed by atoms with Crippen LogP contribution in [-0.2, 0) is 0 Å². The molecule has 7 aromatic carbocycles. The fraction of sp³-hybridized carbons (Fsp3) is 0. The van der Waals surface area contributed by atoms with E-state index in [9.17, 15) is 0 Å². The molecule has 11 aromatic rings. The number of pyridine rings is 2. The van der Waals surface area contributed by atoms with E-state index in [1.807, 2.05) is 6.08 Å². The van der Waals surface area contributed by atoms with Gasteiger partial charge in [0.2, 0.25) is 0 Å². The summed E-state index contributed by atoms with van der Waals surface area (Å²) >= 11 is 0. The summed E-state index contributed by atoms with van der Waals surface area (Å²) in [4.78, 5) is 10.7. The minimum atomic E-state index is 0.778. The van der Waals surface area contributed by atoms with Gasteiger partial charge in [0, 0.05) is 60.0 Å². The van der Waals surface area contributed by atoms with Crippen molar-refractivity contribution >= 4 is 77.2 Å². The Morgan fingerprint density at radius 3 is 1.55 bits per heavy atom. The molecule has 4 nitrogen and oxygen atoms in total. The normalized spacial score (nSPS) is 12.2. The van der Waals surface area contributed by atoms with Crippen LogP contribution >= 0.6 is 0 Å². The SMILES string of the molecule is C1=C=c2nc3c(ccc4ccc(-c5cc(-n6c7ccccc7c7ccccc76)cc(-n6c7ccccc7c7ccccc76)c5)nc43)c(-c3ccccc3)c2=CC=1. The summed E-state index contributed by atoms with van der Waals surface area (Å²) in [7, 11) is 0. The van der Waals surface area contributed by atoms with Gasteiger partial charge < -0.3 is 9.13 Å². The highest BCUT2D eigenvalue weighted by Crippen LogP contribution is 2.38. The Labute approximate surface area is 321 Å². The van der Waals surface area contributed by atoms with Gasteiger partial charge in [0.1, 0.15) is 5.35 Å². The first kappa shape index (κ1) is 30.7. The summed E-state index contributed by atoms with van der Waals surface area (Å²) in [5.41, 5.74) is 19.1. The number of nitrogens with zero attached hydrogens (tertiary/aromatic N) is 4. The van der Waals surface area contributed by atoms with Crippen molar-refractivity contribution in [2.45, 2.75) is 0 Å². The molecule has 0 radical (unpaired) electrons. The van der Waals surface area contributed by atoms with Gasteiger partial charge in [-0.2, -0.15) is 0 Å². The number of allylic oxidation sites excluding steroid dienone is 1. The number of fused-ring (bicyclic) bond motifs is 10. The Morgan fingerprint density at radius 2 is 0.964 bits per heavy atom. The van der Waals surface area contributed by atoms with Gasteiger partial charge in [-0.05, 0) is 72.0 Å². The predicted molar refractivity (Wildman–Crippen MR) is 232 cm³/mol. The zero-order chi connectivity index (χ0) is 36.7. The van der Waals surface area contributed by atoms with Gasteiger partial charge in [0.15, 0.2) is 0 Å². The quantitative estimate of drug-likeness (QED) is 0.135. The smallest absolute Gasteiger partial charge is 0.122 e. The number of aromatic nitrogens is 4. The van der Waals surface area contributed by atoms with Crippen LogP contribution in [0.4, 0.5) is 0 Å². The van der Waals surface area contributed by atoms with Gasteiger partial charge in [0.25, 0.3) is 0 Å². The third-order valence-corrected chi connectivity index (χ3v) is 11.3. The van der Waals surface area contributed by atoms with Gasteiger partial charge in [-0.25, -0.2) is 9.97 Å². The van der Waals surface area contributed by atoms with E-state index in [1.54, 1.807) is 0 Å². The average molecular weight is 711 g/mol. The molecule has 0 saturated carbocycles. The lowest BCUT2D eigenvalue weighted by atomic mass is 9.96. The molecule has 0 N–H and O–H groups in total. The highest BCUT2D eigenvalue weighted by molar-refractivity contribution is 6.11. The lowest BCUT2D eigenvalue weighted by molar-refractivity contribution is 1.13. The third-order valence-electron chi connectivity index (χ3n) is 11.3. The Bertz CT molecular complexity index is 3430. The molecule has 0 fully saturated rings. The summed E-state index contributed by atoms with van der Waals surface area (Å²) in [5, 5.41) is 8.83. The van der Waals surface area contributed by atoms with Crippen LogP contribution in [0.25, 0.3) is 111 Å². The zero-order valence-corrected chi connectivity index (χ0v) is 30.1. The molecule has 0 saturated heterocycles. The molecule has 0 amide bonds. The van der Waals surface area contributed by atoms with Crippen LogP contribution in [0.2, 0.25) is 0 Å². The fourth-order valence-corrected chi connectivity index (χ4v) is 8.90. The Hall–Kier alpha value is -7.74. The predicted octanol–water partition coefficient (Wildman–Crippen LogP) is 11.2. The summed E-state index contributed by atoms with van der Waals surface area (Å²) in [5.74, 6) is 0. The number of benzene rings is 7. The molecule has 0 bridgehead atoms. The van der Waals surface area contributed by atoms with Crippen LogP contribution in [0.3, 0.4) is 0 Å². The number of rotatable bonds is 4. The van der Waals surface area contributed by atoms with Crippen molar-refractivity contribution in [2.75, 3.05) is 0 Å². The summed E-state index contributed by atoms with van der Waals surface area (Å²) < 4.78 is 4.79. The largest absolute Gasteiger partial charge is 0.309 e. The fourth-order valence-electron chi connectivity index (χ4n) is 8.90. The van der Waals surface area contributed by atoms with Crippen LogP contribution in [0.15, 0.2) is 182 Å². The van der Waals surface area contributed by atoms with Gasteiger partial charge in [-0.1, -0.05) is 127 Å². The number of hydrogen-bond acceptors (Lipinski definition) is 2. The molecule has 4 heteroatoms. The maximum Gasteiger partial charge on any atom is 0.122 e. The van der Waals surface area contributed by atoms with Crippen molar-refractivity contribution < 1.29 is 0 Å². The third kappa shape index (κ3) is 4.49. The van der Waals surface area contributed by atoms with E-state index < -0.39 is 0 Å². The molecule has 1 aliphatic carbocycles. The van der Waals surface area contributed by atoms with Crippen molar-refractivity contribution in [3.8, 4) is 33.8 Å². The highest BCUT2D eigenvalue weighted by atomic mass is 15.0. The molecule has 0 aliphatic heterocycles. The van der Waals surface area contributed by atoms with Crippen molar-refractivity contribution in [3.63, 3.8) is 0 Å². The monoisotopic (exact) mass is 710 g/mol. The van der Waals surface area contributed by atoms with Crippen molar-refractivity contribution in [2.24, 2.45) is 0 Å². The first-order valence-electron chi connectivity index (χ1n) is 18.9. The molecule has 258 valence electrons. The minimum Gasteiger partial charge on any atom is -0.309 e. The van der Waals surface area contributed by atoms with E-state index >= 15 is 0 Å². The number of hydrogen-bond donors (Lipinski definition) is 0. The standard InChI is InChI=1S/C52H30N4/c1-2-14-33(15-3-1)50-42-20-4-9-21-45(42)54-52-43(50)28-26-34-27-29-44(53-51(34)52)35-30-36(55-46-22-10-5-16-38(46)39-17-6-11-23-47(39)55)32-37(31-35)56-48-24-12-7-18-40(48)41-19-8-13-25-49(41)56/h1-8,10-20,22-32H. The lowest BCUT2D eigenvalue weighted by Gasteiger charge is -2.16. The Kier molecular flexibility index (Phi) is 6.51. The first-order chi connectivity index (χ1) is 27.8. The highest BCUT2D eigenvalue weighted by Gasteiger charge is 2.19. The molecular weight excluding hydrogens is 681 g/mol. The van der Waals surface area contributed by atoms with E-state index in [1.165, 1.54) is 21.5 Å². The van der Waals surface area contributed by atoms with E-state index in [4.69, 9.17) is 9.97 Å². The molecule has 0 unspecified atom stereocenters. The maximum atomic E-state index is 5.50. The van der Waals surface area contributed by atoms with Crippen molar-refractivity contribution in [1.29, 1.82) is 0 Å². The summed E-state index contributed by atoms with van der Waals surface area (Å²) in [6, 6.07) is 60.9. The first-order valence-corrected chi connectivity index (χ1v) is 18.9. The van der Waals surface area contributed by atoms with E-state index in [2.05, 4.69) is 197 Å². The van der Waals surface area contributed by atoms with Crippen LogP contribution in [0, 0.1) is 0 Å². The van der Waals surface area contributed by atoms with Gasteiger partial charge in [0.05, 0.1) is 38.8 Å².